The van der Waals surface area contributed by atoms with Crippen LogP contribution in [0.2, 0.25) is 0 Å². The van der Waals surface area contributed by atoms with Gasteiger partial charge < -0.3 is 9.80 Å². The van der Waals surface area contributed by atoms with Crippen LogP contribution in [0.3, 0.4) is 0 Å². The third-order valence-corrected chi connectivity index (χ3v) is 5.83. The van der Waals surface area contributed by atoms with Crippen molar-refractivity contribution in [3.63, 3.8) is 0 Å². The number of fused-ring (bicyclic) bond motifs is 2. The van der Waals surface area contributed by atoms with Gasteiger partial charge in [0.1, 0.15) is 0 Å². The molecule has 1 heterocycles. The van der Waals surface area contributed by atoms with Gasteiger partial charge in [-0.05, 0) is 47.8 Å². The normalized spacial score (nSPS) is 27.2. The number of hydrogen-bond acceptors (Lipinski definition) is 2. The summed E-state index contributed by atoms with van der Waals surface area (Å²) < 4.78 is 0. The Kier molecular flexibility index (Phi) is 4.42. The van der Waals surface area contributed by atoms with Crippen molar-refractivity contribution in [1.82, 2.24) is 9.80 Å². The molecule has 25 heavy (non-hydrogen) atoms. The largest absolute Gasteiger partial charge is 0.342 e. The van der Waals surface area contributed by atoms with Crippen LogP contribution in [0.4, 0.5) is 0 Å². The molecule has 0 aromatic heterocycles. The summed E-state index contributed by atoms with van der Waals surface area (Å²) in [6.07, 6.45) is 3.41. The highest BCUT2D eigenvalue weighted by Gasteiger charge is 2.50. The first kappa shape index (κ1) is 18.0. The van der Waals surface area contributed by atoms with Gasteiger partial charge in [-0.2, -0.15) is 0 Å². The summed E-state index contributed by atoms with van der Waals surface area (Å²) in [6, 6.07) is 8.09. The van der Waals surface area contributed by atoms with E-state index in [9.17, 15) is 9.59 Å². The fourth-order valence-electron chi connectivity index (χ4n) is 5.00. The van der Waals surface area contributed by atoms with Crippen molar-refractivity contribution < 1.29 is 9.59 Å². The molecule has 1 aromatic carbocycles. The Morgan fingerprint density at radius 2 is 1.80 bits per heavy atom. The molecule has 2 unspecified atom stereocenters. The molecule has 2 atom stereocenters. The van der Waals surface area contributed by atoms with Crippen molar-refractivity contribution in [2.45, 2.75) is 59.5 Å². The van der Waals surface area contributed by atoms with Crippen molar-refractivity contribution in [3.05, 3.63) is 35.4 Å². The zero-order chi connectivity index (χ0) is 18.4. The molecule has 1 saturated carbocycles. The van der Waals surface area contributed by atoms with E-state index in [1.54, 1.807) is 18.9 Å². The van der Waals surface area contributed by atoms with Gasteiger partial charge in [0.2, 0.25) is 5.91 Å². The Morgan fingerprint density at radius 3 is 2.40 bits per heavy atom. The Hall–Kier alpha value is -1.84. The number of nitrogens with zero attached hydrogens (tertiary/aromatic N) is 2. The minimum atomic E-state index is 0.0420. The summed E-state index contributed by atoms with van der Waals surface area (Å²) >= 11 is 0. The highest BCUT2D eigenvalue weighted by molar-refractivity contribution is 5.94. The quantitative estimate of drug-likeness (QED) is 0.840. The maximum atomic E-state index is 13.0. The maximum Gasteiger partial charge on any atom is 0.254 e. The van der Waals surface area contributed by atoms with Crippen LogP contribution < -0.4 is 0 Å². The Bertz CT molecular complexity index is 680. The first-order valence-electron chi connectivity index (χ1n) is 9.20. The topological polar surface area (TPSA) is 40.6 Å². The molecule has 4 nitrogen and oxygen atoms in total. The van der Waals surface area contributed by atoms with Crippen LogP contribution in [0.5, 0.6) is 0 Å². The average molecular weight is 342 g/mol. The number of likely N-dealkylation sites (tertiary alicyclic amines) is 1. The molecule has 1 aromatic rings. The Morgan fingerprint density at radius 1 is 1.16 bits per heavy atom. The second kappa shape index (κ2) is 6.15. The summed E-state index contributed by atoms with van der Waals surface area (Å²) in [4.78, 5) is 28.2. The van der Waals surface area contributed by atoms with Gasteiger partial charge in [0.25, 0.3) is 5.91 Å². The van der Waals surface area contributed by atoms with E-state index in [-0.39, 0.29) is 17.2 Å². The van der Waals surface area contributed by atoms with Crippen molar-refractivity contribution in [2.75, 3.05) is 13.6 Å². The summed E-state index contributed by atoms with van der Waals surface area (Å²) in [5.41, 5.74) is 2.37. The fourth-order valence-corrected chi connectivity index (χ4v) is 5.00. The maximum absolute atomic E-state index is 13.0. The molecule has 4 heteroatoms. The number of carbonyl (C=O) groups excluding carboxylic acids is 2. The summed E-state index contributed by atoms with van der Waals surface area (Å²) in [5, 5.41) is 0. The molecule has 2 aliphatic rings. The lowest BCUT2D eigenvalue weighted by Crippen LogP contribution is -2.37. The number of amides is 2. The van der Waals surface area contributed by atoms with E-state index in [0.717, 1.165) is 30.5 Å². The molecular weight excluding hydrogens is 312 g/mol. The molecule has 2 fully saturated rings. The van der Waals surface area contributed by atoms with Crippen molar-refractivity contribution in [2.24, 2.45) is 10.8 Å². The van der Waals surface area contributed by atoms with Gasteiger partial charge in [-0.1, -0.05) is 32.9 Å². The molecule has 1 aliphatic heterocycles. The second-order valence-electron chi connectivity index (χ2n) is 9.22. The monoisotopic (exact) mass is 342 g/mol. The van der Waals surface area contributed by atoms with Crippen molar-refractivity contribution in [1.29, 1.82) is 0 Å². The molecule has 1 aliphatic carbocycles. The van der Waals surface area contributed by atoms with Crippen LogP contribution in [0.25, 0.3) is 0 Å². The van der Waals surface area contributed by atoms with Gasteiger partial charge in [-0.25, -0.2) is 0 Å². The lowest BCUT2D eigenvalue weighted by atomic mass is 9.65. The van der Waals surface area contributed by atoms with Gasteiger partial charge in [-0.15, -0.1) is 0 Å². The number of hydrogen-bond donors (Lipinski definition) is 0. The molecule has 0 radical (unpaired) electrons. The molecule has 0 N–H and O–H groups in total. The fraction of sp³-hybridized carbons (Fsp3) is 0.619. The molecule has 2 bridgehead atoms. The smallest absolute Gasteiger partial charge is 0.254 e. The van der Waals surface area contributed by atoms with E-state index >= 15 is 0 Å². The Balaban J connectivity index is 1.73. The third kappa shape index (κ3) is 3.73. The van der Waals surface area contributed by atoms with Crippen LogP contribution in [-0.4, -0.2) is 41.2 Å². The average Bonchev–Trinajstić information content (AvgIpc) is 2.76. The molecule has 3 rings (SSSR count). The lowest BCUT2D eigenvalue weighted by molar-refractivity contribution is -0.128. The van der Waals surface area contributed by atoms with E-state index in [2.05, 4.69) is 25.7 Å². The first-order chi connectivity index (χ1) is 11.6. The summed E-state index contributed by atoms with van der Waals surface area (Å²) in [6.45, 7) is 9.98. The van der Waals surface area contributed by atoms with Crippen LogP contribution in [-0.2, 0) is 11.3 Å². The highest BCUT2D eigenvalue weighted by atomic mass is 16.2. The third-order valence-electron chi connectivity index (χ3n) is 5.83. The minimum absolute atomic E-state index is 0.0420. The van der Waals surface area contributed by atoms with E-state index in [4.69, 9.17) is 0 Å². The first-order valence-corrected chi connectivity index (χ1v) is 9.20. The number of carbonyl (C=O) groups is 2. The summed E-state index contributed by atoms with van der Waals surface area (Å²) in [5.74, 6) is 0.193. The molecular formula is C21H30N2O2. The predicted octanol–water partition coefficient (Wildman–Crippen LogP) is 3.71. The van der Waals surface area contributed by atoms with E-state index in [1.807, 2.05) is 24.3 Å². The Labute approximate surface area is 151 Å². The number of rotatable bonds is 3. The zero-order valence-electron chi connectivity index (χ0n) is 16.1. The van der Waals surface area contributed by atoms with Gasteiger partial charge in [0.05, 0.1) is 0 Å². The van der Waals surface area contributed by atoms with Crippen molar-refractivity contribution >= 4 is 11.8 Å². The SMILES string of the molecule is CC(=O)N(C)Cc1ccc(C(=O)N2CC3(C)CC2CC(C)(C)C3)cc1. The van der Waals surface area contributed by atoms with Gasteiger partial charge >= 0.3 is 0 Å². The van der Waals surface area contributed by atoms with Crippen molar-refractivity contribution in [3.8, 4) is 0 Å². The summed E-state index contributed by atoms with van der Waals surface area (Å²) in [7, 11) is 1.79. The standard InChI is InChI=1S/C21H30N2O2/c1-15(24)22(5)12-16-6-8-17(9-7-16)19(25)23-14-21(4)11-18(23)10-20(2,3)13-21/h6-9,18H,10-14H2,1-5H3. The minimum Gasteiger partial charge on any atom is -0.342 e. The van der Waals surface area contributed by atoms with Crippen LogP contribution in [0.1, 0.15) is 62.9 Å². The van der Waals surface area contributed by atoms with Crippen LogP contribution in [0.15, 0.2) is 24.3 Å². The van der Waals surface area contributed by atoms with E-state index in [0.29, 0.717) is 18.0 Å². The lowest BCUT2D eigenvalue weighted by Gasteiger charge is -2.39. The zero-order valence-corrected chi connectivity index (χ0v) is 16.1. The molecule has 136 valence electrons. The van der Waals surface area contributed by atoms with E-state index < -0.39 is 0 Å². The van der Waals surface area contributed by atoms with Crippen LogP contribution >= 0.6 is 0 Å². The second-order valence-corrected chi connectivity index (χ2v) is 9.22. The van der Waals surface area contributed by atoms with Gasteiger partial charge in [0.15, 0.2) is 0 Å². The molecule has 1 saturated heterocycles. The molecule has 2 amide bonds. The number of benzene rings is 1. The molecule has 0 spiro atoms. The van der Waals surface area contributed by atoms with E-state index in [1.165, 1.54) is 6.42 Å². The van der Waals surface area contributed by atoms with Gasteiger partial charge in [0, 0.05) is 38.7 Å². The van der Waals surface area contributed by atoms with Gasteiger partial charge in [-0.3, -0.25) is 9.59 Å². The van der Waals surface area contributed by atoms with Crippen LogP contribution in [0, 0.1) is 10.8 Å². The predicted molar refractivity (Wildman–Crippen MR) is 99.2 cm³/mol. The highest BCUT2D eigenvalue weighted by Crippen LogP contribution is 2.52.